The second-order valence-electron chi connectivity index (χ2n) is 3.20. The van der Waals surface area contributed by atoms with Crippen LogP contribution in [0, 0.1) is 5.92 Å². The van der Waals surface area contributed by atoms with Crippen LogP contribution in [0.5, 0.6) is 0 Å². The number of carbonyl (C=O) groups excluding carboxylic acids is 2. The van der Waals surface area contributed by atoms with Gasteiger partial charge in [-0.1, -0.05) is 6.07 Å². The lowest BCUT2D eigenvalue weighted by Gasteiger charge is -2.08. The Balaban J connectivity index is 2.50. The van der Waals surface area contributed by atoms with Gasteiger partial charge in [-0.05, 0) is 25.3 Å². The molecular formula is C11H14O3S. The van der Waals surface area contributed by atoms with E-state index in [0.29, 0.717) is 13.0 Å². The Kier molecular flexibility index (Phi) is 4.49. The summed E-state index contributed by atoms with van der Waals surface area (Å²) in [4.78, 5) is 23.9. The van der Waals surface area contributed by atoms with Gasteiger partial charge in [0, 0.05) is 11.3 Å². The highest BCUT2D eigenvalue weighted by Gasteiger charge is 2.22. The molecule has 1 rings (SSSR count). The largest absolute Gasteiger partial charge is 0.465 e. The third kappa shape index (κ3) is 3.47. The Labute approximate surface area is 93.1 Å². The Hall–Kier alpha value is -1.16. The van der Waals surface area contributed by atoms with Gasteiger partial charge >= 0.3 is 5.97 Å². The summed E-state index contributed by atoms with van der Waals surface area (Å²) in [5, 5.41) is 1.91. The van der Waals surface area contributed by atoms with Crippen molar-refractivity contribution in [2.75, 3.05) is 6.61 Å². The molecule has 1 aromatic heterocycles. The van der Waals surface area contributed by atoms with Gasteiger partial charge in [0.05, 0.1) is 6.61 Å². The minimum absolute atomic E-state index is 0.0871. The molecule has 82 valence electrons. The van der Waals surface area contributed by atoms with Crippen LogP contribution >= 0.6 is 11.3 Å². The van der Waals surface area contributed by atoms with Crippen molar-refractivity contribution in [1.29, 1.82) is 0 Å². The van der Waals surface area contributed by atoms with Gasteiger partial charge in [-0.25, -0.2) is 0 Å². The molecule has 15 heavy (non-hydrogen) atoms. The molecule has 0 N–H and O–H groups in total. The van der Waals surface area contributed by atoms with E-state index in [4.69, 9.17) is 4.74 Å². The lowest BCUT2D eigenvalue weighted by atomic mass is 10.0. The summed E-state index contributed by atoms with van der Waals surface area (Å²) in [7, 11) is 0. The molecule has 0 saturated carbocycles. The molecule has 0 spiro atoms. The Morgan fingerprint density at radius 2 is 2.27 bits per heavy atom. The molecule has 0 aliphatic rings. The molecule has 1 aromatic rings. The van der Waals surface area contributed by atoms with Crippen LogP contribution in [0.3, 0.4) is 0 Å². The molecule has 1 heterocycles. The first-order chi connectivity index (χ1) is 7.15. The highest BCUT2D eigenvalue weighted by Crippen LogP contribution is 2.12. The standard InChI is InChI=1S/C11H14O3S/c1-3-14-11(13)8(2)10(12)7-9-5-4-6-15-9/h4-6,8H,3,7H2,1-2H3. The fourth-order valence-corrected chi connectivity index (χ4v) is 1.85. The number of ketones is 1. The van der Waals surface area contributed by atoms with E-state index >= 15 is 0 Å². The number of hydrogen-bond acceptors (Lipinski definition) is 4. The number of hydrogen-bond donors (Lipinski definition) is 0. The number of carbonyl (C=O) groups is 2. The van der Waals surface area contributed by atoms with Gasteiger partial charge in [0.1, 0.15) is 5.92 Å². The van der Waals surface area contributed by atoms with Gasteiger partial charge < -0.3 is 4.74 Å². The zero-order chi connectivity index (χ0) is 11.3. The van der Waals surface area contributed by atoms with Crippen LogP contribution in [0.1, 0.15) is 18.7 Å². The molecule has 1 atom stereocenters. The van der Waals surface area contributed by atoms with Crippen LogP contribution in [0.4, 0.5) is 0 Å². The molecular weight excluding hydrogens is 212 g/mol. The van der Waals surface area contributed by atoms with Crippen molar-refractivity contribution < 1.29 is 14.3 Å². The minimum atomic E-state index is -0.660. The lowest BCUT2D eigenvalue weighted by molar-refractivity contribution is -0.150. The van der Waals surface area contributed by atoms with Crippen LogP contribution in [0.2, 0.25) is 0 Å². The van der Waals surface area contributed by atoms with Crippen LogP contribution in [-0.2, 0) is 20.7 Å². The van der Waals surface area contributed by atoms with Gasteiger partial charge in [0.15, 0.2) is 5.78 Å². The summed E-state index contributed by atoms with van der Waals surface area (Å²) in [6.45, 7) is 3.64. The molecule has 0 aliphatic carbocycles. The van der Waals surface area contributed by atoms with E-state index in [1.165, 1.54) is 11.3 Å². The quantitative estimate of drug-likeness (QED) is 0.570. The maximum absolute atomic E-state index is 11.6. The summed E-state index contributed by atoms with van der Waals surface area (Å²) in [6, 6.07) is 3.78. The summed E-state index contributed by atoms with van der Waals surface area (Å²) in [5.41, 5.74) is 0. The van der Waals surface area contributed by atoms with Crippen molar-refractivity contribution >= 4 is 23.1 Å². The van der Waals surface area contributed by atoms with Crippen molar-refractivity contribution in [2.45, 2.75) is 20.3 Å². The average molecular weight is 226 g/mol. The molecule has 0 aliphatic heterocycles. The van der Waals surface area contributed by atoms with Crippen LogP contribution in [-0.4, -0.2) is 18.4 Å². The lowest BCUT2D eigenvalue weighted by Crippen LogP contribution is -2.24. The molecule has 0 bridgehead atoms. The number of rotatable bonds is 5. The number of thiophene rings is 1. The van der Waals surface area contributed by atoms with E-state index in [0.717, 1.165) is 4.88 Å². The molecule has 0 amide bonds. The van der Waals surface area contributed by atoms with Crippen molar-refractivity contribution in [2.24, 2.45) is 5.92 Å². The van der Waals surface area contributed by atoms with Crippen molar-refractivity contribution in [3.05, 3.63) is 22.4 Å². The Morgan fingerprint density at radius 1 is 1.53 bits per heavy atom. The third-order valence-electron chi connectivity index (χ3n) is 2.05. The molecule has 0 fully saturated rings. The first-order valence-corrected chi connectivity index (χ1v) is 5.74. The fourth-order valence-electron chi connectivity index (χ4n) is 1.14. The van der Waals surface area contributed by atoms with E-state index in [1.807, 2.05) is 17.5 Å². The number of Topliss-reactive ketones (excluding diaryl/α,β-unsaturated/α-hetero) is 1. The van der Waals surface area contributed by atoms with Crippen LogP contribution in [0.25, 0.3) is 0 Å². The SMILES string of the molecule is CCOC(=O)C(C)C(=O)Cc1cccs1. The number of esters is 1. The highest BCUT2D eigenvalue weighted by atomic mass is 32.1. The van der Waals surface area contributed by atoms with Gasteiger partial charge in [-0.15, -0.1) is 11.3 Å². The first kappa shape index (κ1) is 11.9. The van der Waals surface area contributed by atoms with E-state index in [2.05, 4.69) is 0 Å². The van der Waals surface area contributed by atoms with E-state index in [9.17, 15) is 9.59 Å². The smallest absolute Gasteiger partial charge is 0.316 e. The average Bonchev–Trinajstić information content (AvgIpc) is 2.69. The monoisotopic (exact) mass is 226 g/mol. The third-order valence-corrected chi connectivity index (χ3v) is 2.93. The zero-order valence-electron chi connectivity index (χ0n) is 8.86. The normalized spacial score (nSPS) is 12.1. The molecule has 0 saturated heterocycles. The molecule has 0 radical (unpaired) electrons. The topological polar surface area (TPSA) is 43.4 Å². The summed E-state index contributed by atoms with van der Waals surface area (Å²) in [6.07, 6.45) is 0.317. The molecule has 1 unspecified atom stereocenters. The predicted molar refractivity (Wildman–Crippen MR) is 58.8 cm³/mol. The van der Waals surface area contributed by atoms with Crippen molar-refractivity contribution in [1.82, 2.24) is 0 Å². The summed E-state index contributed by atoms with van der Waals surface area (Å²) >= 11 is 1.52. The zero-order valence-corrected chi connectivity index (χ0v) is 9.67. The Morgan fingerprint density at radius 3 is 2.80 bits per heavy atom. The predicted octanol–water partition coefficient (Wildman–Crippen LogP) is 2.06. The summed E-state index contributed by atoms with van der Waals surface area (Å²) in [5.74, 6) is -1.18. The van der Waals surface area contributed by atoms with E-state index in [-0.39, 0.29) is 5.78 Å². The van der Waals surface area contributed by atoms with Gasteiger partial charge in [-0.2, -0.15) is 0 Å². The molecule has 3 nitrogen and oxygen atoms in total. The first-order valence-electron chi connectivity index (χ1n) is 4.87. The van der Waals surface area contributed by atoms with Gasteiger partial charge in [0.25, 0.3) is 0 Å². The Bertz CT molecular complexity index is 330. The molecule has 0 aromatic carbocycles. The van der Waals surface area contributed by atoms with E-state index < -0.39 is 11.9 Å². The minimum Gasteiger partial charge on any atom is -0.465 e. The summed E-state index contributed by atoms with van der Waals surface area (Å²) < 4.78 is 4.79. The molecule has 4 heteroatoms. The second-order valence-corrected chi connectivity index (χ2v) is 4.23. The van der Waals surface area contributed by atoms with Crippen molar-refractivity contribution in [3.63, 3.8) is 0 Å². The van der Waals surface area contributed by atoms with Crippen LogP contribution < -0.4 is 0 Å². The van der Waals surface area contributed by atoms with E-state index in [1.54, 1.807) is 13.8 Å². The number of ether oxygens (including phenoxy) is 1. The van der Waals surface area contributed by atoms with Gasteiger partial charge in [0.2, 0.25) is 0 Å². The maximum Gasteiger partial charge on any atom is 0.316 e. The van der Waals surface area contributed by atoms with Gasteiger partial charge in [-0.3, -0.25) is 9.59 Å². The highest BCUT2D eigenvalue weighted by molar-refractivity contribution is 7.10. The second kappa shape index (κ2) is 5.66. The van der Waals surface area contributed by atoms with Crippen LogP contribution in [0.15, 0.2) is 17.5 Å². The van der Waals surface area contributed by atoms with Crippen molar-refractivity contribution in [3.8, 4) is 0 Å². The fraction of sp³-hybridized carbons (Fsp3) is 0.455. The maximum atomic E-state index is 11.6.